The summed E-state index contributed by atoms with van der Waals surface area (Å²) in [5.74, 6) is 0.505. The zero-order valence-corrected chi connectivity index (χ0v) is 10.9. The predicted octanol–water partition coefficient (Wildman–Crippen LogP) is 2.98. The second-order valence-electron chi connectivity index (χ2n) is 4.16. The van der Waals surface area contributed by atoms with E-state index < -0.39 is 0 Å². The van der Waals surface area contributed by atoms with Gasteiger partial charge in [0.05, 0.1) is 0 Å². The number of hydrogen-bond donors (Lipinski definition) is 0. The standard InChI is InChI=1S/C15H18O3/c1-4-5-12-6-7-13(15(17)11(2)3)10-14(12)18-9-8-16/h6-8,10H,2,4-5,9H2,1,3H3. The molecule has 0 amide bonds. The van der Waals surface area contributed by atoms with Crippen LogP contribution in [0.3, 0.4) is 0 Å². The molecule has 0 spiro atoms. The minimum Gasteiger partial charge on any atom is -0.486 e. The molecule has 0 heterocycles. The average Bonchev–Trinajstić information content (AvgIpc) is 2.36. The molecule has 0 unspecified atom stereocenters. The Kier molecular flexibility index (Phi) is 5.31. The quantitative estimate of drug-likeness (QED) is 0.422. The zero-order chi connectivity index (χ0) is 13.5. The Morgan fingerprint density at radius 2 is 2.17 bits per heavy atom. The molecule has 0 aromatic heterocycles. The molecular formula is C15H18O3. The van der Waals surface area contributed by atoms with Gasteiger partial charge in [-0.3, -0.25) is 9.59 Å². The highest BCUT2D eigenvalue weighted by Gasteiger charge is 2.10. The van der Waals surface area contributed by atoms with Crippen LogP contribution in [0, 0.1) is 0 Å². The average molecular weight is 246 g/mol. The lowest BCUT2D eigenvalue weighted by Gasteiger charge is -2.11. The van der Waals surface area contributed by atoms with E-state index in [0.29, 0.717) is 23.2 Å². The third-order valence-electron chi connectivity index (χ3n) is 2.54. The molecule has 0 aliphatic carbocycles. The number of hydrogen-bond acceptors (Lipinski definition) is 3. The van der Waals surface area contributed by atoms with E-state index in [1.807, 2.05) is 6.07 Å². The molecule has 0 saturated carbocycles. The maximum Gasteiger partial charge on any atom is 0.188 e. The van der Waals surface area contributed by atoms with Crippen LogP contribution in [0.15, 0.2) is 30.4 Å². The number of aldehydes is 1. The highest BCUT2D eigenvalue weighted by Crippen LogP contribution is 2.23. The molecule has 0 bridgehead atoms. The fraction of sp³-hybridized carbons (Fsp3) is 0.333. The molecule has 0 fully saturated rings. The first-order valence-electron chi connectivity index (χ1n) is 5.99. The van der Waals surface area contributed by atoms with E-state index in [9.17, 15) is 9.59 Å². The molecule has 0 N–H and O–H groups in total. The Morgan fingerprint density at radius 3 is 2.72 bits per heavy atom. The Balaban J connectivity index is 3.07. The molecule has 0 atom stereocenters. The summed E-state index contributed by atoms with van der Waals surface area (Å²) in [6, 6.07) is 5.33. The van der Waals surface area contributed by atoms with Crippen LogP contribution in [-0.2, 0) is 11.2 Å². The van der Waals surface area contributed by atoms with Gasteiger partial charge in [-0.2, -0.15) is 0 Å². The van der Waals surface area contributed by atoms with Crippen molar-refractivity contribution in [1.29, 1.82) is 0 Å². The Bertz CT molecular complexity index is 461. The molecule has 1 aromatic carbocycles. The summed E-state index contributed by atoms with van der Waals surface area (Å²) in [4.78, 5) is 22.2. The fourth-order valence-electron chi connectivity index (χ4n) is 1.68. The molecule has 0 aliphatic heterocycles. The molecule has 1 rings (SSSR count). The highest BCUT2D eigenvalue weighted by molar-refractivity contribution is 6.08. The number of ketones is 1. The monoisotopic (exact) mass is 246 g/mol. The third-order valence-corrected chi connectivity index (χ3v) is 2.54. The molecule has 0 saturated heterocycles. The van der Waals surface area contributed by atoms with Gasteiger partial charge in [-0.25, -0.2) is 0 Å². The minimum absolute atomic E-state index is 0.00142. The van der Waals surface area contributed by atoms with Crippen molar-refractivity contribution in [2.75, 3.05) is 6.61 Å². The smallest absolute Gasteiger partial charge is 0.188 e. The number of allylic oxidation sites excluding steroid dienone is 1. The van der Waals surface area contributed by atoms with Gasteiger partial charge < -0.3 is 4.74 Å². The van der Waals surface area contributed by atoms with E-state index in [-0.39, 0.29) is 12.4 Å². The van der Waals surface area contributed by atoms with Crippen molar-refractivity contribution in [2.45, 2.75) is 26.7 Å². The van der Waals surface area contributed by atoms with Crippen LogP contribution in [0.5, 0.6) is 5.75 Å². The molecule has 18 heavy (non-hydrogen) atoms. The lowest BCUT2D eigenvalue weighted by atomic mass is 10.0. The van der Waals surface area contributed by atoms with Gasteiger partial charge in [0.15, 0.2) is 12.1 Å². The largest absolute Gasteiger partial charge is 0.486 e. The van der Waals surface area contributed by atoms with Crippen LogP contribution < -0.4 is 4.74 Å². The molecule has 1 aromatic rings. The van der Waals surface area contributed by atoms with E-state index in [0.717, 1.165) is 18.4 Å². The SMILES string of the molecule is C=C(C)C(=O)c1ccc(CCC)c(OCC=O)c1. The van der Waals surface area contributed by atoms with Crippen molar-refractivity contribution in [3.63, 3.8) is 0 Å². The van der Waals surface area contributed by atoms with Gasteiger partial charge in [-0.05, 0) is 30.5 Å². The summed E-state index contributed by atoms with van der Waals surface area (Å²) in [6.45, 7) is 7.38. The van der Waals surface area contributed by atoms with Crippen molar-refractivity contribution in [3.8, 4) is 5.75 Å². The fourth-order valence-corrected chi connectivity index (χ4v) is 1.68. The highest BCUT2D eigenvalue weighted by atomic mass is 16.5. The summed E-state index contributed by atoms with van der Waals surface area (Å²) < 4.78 is 5.36. The van der Waals surface area contributed by atoms with Crippen LogP contribution in [0.25, 0.3) is 0 Å². The minimum atomic E-state index is -0.103. The molecule has 0 aliphatic rings. The first kappa shape index (κ1) is 14.2. The van der Waals surface area contributed by atoms with E-state index >= 15 is 0 Å². The number of rotatable bonds is 7. The first-order valence-corrected chi connectivity index (χ1v) is 5.99. The number of ether oxygens (including phenoxy) is 1. The molecule has 3 nitrogen and oxygen atoms in total. The topological polar surface area (TPSA) is 43.4 Å². The summed E-state index contributed by atoms with van der Waals surface area (Å²) in [5, 5.41) is 0. The number of benzene rings is 1. The van der Waals surface area contributed by atoms with Gasteiger partial charge in [-0.15, -0.1) is 0 Å². The predicted molar refractivity (Wildman–Crippen MR) is 71.1 cm³/mol. The van der Waals surface area contributed by atoms with Crippen molar-refractivity contribution < 1.29 is 14.3 Å². The van der Waals surface area contributed by atoms with Crippen LogP contribution in [0.4, 0.5) is 0 Å². The van der Waals surface area contributed by atoms with Crippen molar-refractivity contribution in [3.05, 3.63) is 41.5 Å². The van der Waals surface area contributed by atoms with Gasteiger partial charge in [0.1, 0.15) is 12.4 Å². The lowest BCUT2D eigenvalue weighted by Crippen LogP contribution is -2.05. The van der Waals surface area contributed by atoms with Crippen molar-refractivity contribution in [2.24, 2.45) is 0 Å². The Labute approximate surface area is 107 Å². The lowest BCUT2D eigenvalue weighted by molar-refractivity contribution is -0.109. The van der Waals surface area contributed by atoms with Crippen molar-refractivity contribution in [1.82, 2.24) is 0 Å². The summed E-state index contributed by atoms with van der Waals surface area (Å²) >= 11 is 0. The van der Waals surface area contributed by atoms with E-state index in [4.69, 9.17) is 4.74 Å². The number of aryl methyl sites for hydroxylation is 1. The van der Waals surface area contributed by atoms with E-state index in [1.54, 1.807) is 19.1 Å². The summed E-state index contributed by atoms with van der Waals surface area (Å²) in [6.07, 6.45) is 2.53. The van der Waals surface area contributed by atoms with Gasteiger partial charge >= 0.3 is 0 Å². The molecular weight excluding hydrogens is 228 g/mol. The molecule has 0 radical (unpaired) electrons. The first-order chi connectivity index (χ1) is 8.60. The van der Waals surface area contributed by atoms with Crippen LogP contribution in [-0.4, -0.2) is 18.7 Å². The third kappa shape index (κ3) is 3.55. The molecule has 96 valence electrons. The van der Waals surface area contributed by atoms with E-state index in [1.165, 1.54) is 0 Å². The maximum absolute atomic E-state index is 11.8. The summed E-state index contributed by atoms with van der Waals surface area (Å²) in [5.41, 5.74) is 2.04. The number of carbonyl (C=O) groups is 2. The van der Waals surface area contributed by atoms with Gasteiger partial charge in [0.2, 0.25) is 0 Å². The van der Waals surface area contributed by atoms with Gasteiger partial charge in [0, 0.05) is 5.56 Å². The van der Waals surface area contributed by atoms with Gasteiger partial charge in [-0.1, -0.05) is 32.1 Å². The number of Topliss-reactive ketones (excluding diaryl/α,β-unsaturated/α-hetero) is 1. The molecule has 3 heteroatoms. The zero-order valence-electron chi connectivity index (χ0n) is 10.9. The Morgan fingerprint density at radius 1 is 1.44 bits per heavy atom. The van der Waals surface area contributed by atoms with Crippen LogP contribution in [0.1, 0.15) is 36.2 Å². The second kappa shape index (κ2) is 6.74. The van der Waals surface area contributed by atoms with E-state index in [2.05, 4.69) is 13.5 Å². The van der Waals surface area contributed by atoms with Crippen LogP contribution >= 0.6 is 0 Å². The van der Waals surface area contributed by atoms with Crippen molar-refractivity contribution >= 4 is 12.1 Å². The Hall–Kier alpha value is -1.90. The number of carbonyl (C=O) groups excluding carboxylic acids is 2. The van der Waals surface area contributed by atoms with Gasteiger partial charge in [0.25, 0.3) is 0 Å². The second-order valence-corrected chi connectivity index (χ2v) is 4.16. The van der Waals surface area contributed by atoms with Crippen LogP contribution in [0.2, 0.25) is 0 Å². The normalized spacial score (nSPS) is 9.89. The summed E-state index contributed by atoms with van der Waals surface area (Å²) in [7, 11) is 0. The maximum atomic E-state index is 11.8.